The van der Waals surface area contributed by atoms with Crippen molar-refractivity contribution < 1.29 is 14.3 Å². The van der Waals surface area contributed by atoms with Crippen molar-refractivity contribution >= 4 is 29.3 Å². The predicted octanol–water partition coefficient (Wildman–Crippen LogP) is 3.44. The molecule has 0 saturated heterocycles. The molecular weight excluding hydrogens is 354 g/mol. The Morgan fingerprint density at radius 1 is 1.11 bits per heavy atom. The van der Waals surface area contributed by atoms with E-state index in [1.54, 1.807) is 30.3 Å². The minimum Gasteiger partial charge on any atom is -0.484 e. The second-order valence-electron chi connectivity index (χ2n) is 6.57. The number of rotatable bonds is 9. The third-order valence-corrected chi connectivity index (χ3v) is 4.12. The molecule has 0 aliphatic carbocycles. The molecule has 0 saturated carbocycles. The first-order chi connectivity index (χ1) is 13.4. The first kappa shape index (κ1) is 21.0. The van der Waals surface area contributed by atoms with Gasteiger partial charge in [0.2, 0.25) is 5.91 Å². The summed E-state index contributed by atoms with van der Waals surface area (Å²) in [5, 5.41) is 2.85. The van der Waals surface area contributed by atoms with Gasteiger partial charge in [-0.05, 0) is 68.8 Å². The molecule has 0 aromatic heterocycles. The molecule has 2 aromatic rings. The molecule has 0 aliphatic rings. The molecule has 6 heteroatoms. The molecule has 0 radical (unpaired) electrons. The number of carbonyl (C=O) groups excluding carboxylic acids is 2. The van der Waals surface area contributed by atoms with Crippen LogP contribution in [0.15, 0.2) is 54.6 Å². The lowest BCUT2D eigenvalue weighted by Gasteiger charge is -2.27. The summed E-state index contributed by atoms with van der Waals surface area (Å²) in [5.74, 6) is -0.193. The lowest BCUT2D eigenvalue weighted by Crippen LogP contribution is -2.30. The van der Waals surface area contributed by atoms with E-state index in [2.05, 4.69) is 31.0 Å². The Labute approximate surface area is 166 Å². The summed E-state index contributed by atoms with van der Waals surface area (Å²) in [7, 11) is 0. The number of amides is 2. The molecule has 3 N–H and O–H groups in total. The lowest BCUT2D eigenvalue weighted by molar-refractivity contribution is -0.120. The first-order valence-corrected chi connectivity index (χ1v) is 9.26. The van der Waals surface area contributed by atoms with Gasteiger partial charge in [-0.25, -0.2) is 0 Å². The average Bonchev–Trinajstić information content (AvgIpc) is 2.67. The molecule has 0 spiro atoms. The van der Waals surface area contributed by atoms with E-state index in [4.69, 9.17) is 10.5 Å². The minimum absolute atomic E-state index is 0.163. The van der Waals surface area contributed by atoms with Crippen LogP contribution in [0.3, 0.4) is 0 Å². The van der Waals surface area contributed by atoms with E-state index in [0.29, 0.717) is 11.8 Å². The van der Waals surface area contributed by atoms with Gasteiger partial charge in [0.05, 0.1) is 0 Å². The number of hydrogen-bond donors (Lipinski definition) is 2. The van der Waals surface area contributed by atoms with Crippen LogP contribution in [0.4, 0.5) is 11.4 Å². The van der Waals surface area contributed by atoms with Crippen LogP contribution in [-0.4, -0.2) is 31.0 Å². The summed E-state index contributed by atoms with van der Waals surface area (Å²) >= 11 is 0. The molecule has 0 unspecified atom stereocenters. The number of nitrogens with two attached hydrogens (primary N) is 1. The van der Waals surface area contributed by atoms with Crippen molar-refractivity contribution in [2.24, 2.45) is 5.73 Å². The van der Waals surface area contributed by atoms with Crippen molar-refractivity contribution in [3.63, 3.8) is 0 Å². The van der Waals surface area contributed by atoms with Crippen molar-refractivity contribution in [3.05, 3.63) is 60.2 Å². The fraction of sp³-hybridized carbons (Fsp3) is 0.273. The van der Waals surface area contributed by atoms with E-state index in [9.17, 15) is 9.59 Å². The highest BCUT2D eigenvalue weighted by Gasteiger charge is 2.08. The van der Waals surface area contributed by atoms with Gasteiger partial charge in [0.15, 0.2) is 6.61 Å². The number of nitrogens with one attached hydrogen (secondary N) is 1. The van der Waals surface area contributed by atoms with Crippen LogP contribution >= 0.6 is 0 Å². The molecule has 2 aromatic carbocycles. The summed E-state index contributed by atoms with van der Waals surface area (Å²) in [6, 6.07) is 15.2. The molecule has 0 atom stereocenters. The largest absolute Gasteiger partial charge is 0.484 e. The molecular formula is C22H27N3O3. The second kappa shape index (κ2) is 10.2. The average molecular weight is 381 g/mol. The van der Waals surface area contributed by atoms with Gasteiger partial charge < -0.3 is 20.7 Å². The number of carbonyl (C=O) groups is 2. The standard InChI is InChI=1S/C22H27N3O3/c1-4-25(16(2)3)19-10-8-18(9-11-19)24-22(27)14-7-17-5-12-20(13-6-17)28-15-21(23)26/h5-14,16H,4,15H2,1-3H3,(H2,23,26)(H,24,27)/b14-7+. The van der Waals surface area contributed by atoms with E-state index >= 15 is 0 Å². The molecule has 0 fully saturated rings. The number of nitrogens with zero attached hydrogens (tertiary/aromatic N) is 1. The van der Waals surface area contributed by atoms with E-state index in [0.717, 1.165) is 23.5 Å². The van der Waals surface area contributed by atoms with Gasteiger partial charge in [-0.1, -0.05) is 12.1 Å². The normalized spacial score (nSPS) is 10.9. The van der Waals surface area contributed by atoms with Crippen LogP contribution in [0, 0.1) is 0 Å². The van der Waals surface area contributed by atoms with Gasteiger partial charge in [0, 0.05) is 30.0 Å². The predicted molar refractivity (Wildman–Crippen MR) is 113 cm³/mol. The second-order valence-corrected chi connectivity index (χ2v) is 6.57. The van der Waals surface area contributed by atoms with Crippen molar-refractivity contribution in [2.45, 2.75) is 26.8 Å². The van der Waals surface area contributed by atoms with Crippen molar-refractivity contribution in [3.8, 4) is 5.75 Å². The van der Waals surface area contributed by atoms with Crippen LogP contribution in [0.5, 0.6) is 5.75 Å². The quantitative estimate of drug-likeness (QED) is 0.652. The summed E-state index contributed by atoms with van der Waals surface area (Å²) in [5.41, 5.74) is 7.75. The minimum atomic E-state index is -0.528. The van der Waals surface area contributed by atoms with E-state index < -0.39 is 5.91 Å². The zero-order valence-electron chi connectivity index (χ0n) is 16.5. The maximum absolute atomic E-state index is 12.1. The Kier molecular flexibility index (Phi) is 7.63. The Hall–Kier alpha value is -3.28. The number of ether oxygens (including phenoxy) is 1. The molecule has 28 heavy (non-hydrogen) atoms. The topological polar surface area (TPSA) is 84.7 Å². The van der Waals surface area contributed by atoms with Crippen LogP contribution in [0.1, 0.15) is 26.3 Å². The zero-order valence-corrected chi connectivity index (χ0v) is 16.5. The fourth-order valence-electron chi connectivity index (χ4n) is 2.77. The molecule has 2 amide bonds. The van der Waals surface area contributed by atoms with Gasteiger partial charge in [0.1, 0.15) is 5.75 Å². The number of anilines is 2. The molecule has 0 heterocycles. The molecule has 6 nitrogen and oxygen atoms in total. The highest BCUT2D eigenvalue weighted by Crippen LogP contribution is 2.20. The number of primary amides is 1. The van der Waals surface area contributed by atoms with Crippen molar-refractivity contribution in [1.82, 2.24) is 0 Å². The zero-order chi connectivity index (χ0) is 20.5. The Balaban J connectivity index is 1.91. The maximum Gasteiger partial charge on any atom is 0.255 e. The van der Waals surface area contributed by atoms with Crippen molar-refractivity contribution in [2.75, 3.05) is 23.4 Å². The smallest absolute Gasteiger partial charge is 0.255 e. The molecule has 2 rings (SSSR count). The van der Waals surface area contributed by atoms with Gasteiger partial charge in [-0.15, -0.1) is 0 Å². The third-order valence-electron chi connectivity index (χ3n) is 4.12. The Bertz CT molecular complexity index is 812. The van der Waals surface area contributed by atoms with Crippen LogP contribution in [-0.2, 0) is 9.59 Å². The monoisotopic (exact) mass is 381 g/mol. The molecule has 148 valence electrons. The number of benzene rings is 2. The highest BCUT2D eigenvalue weighted by molar-refractivity contribution is 6.02. The van der Waals surface area contributed by atoms with Crippen LogP contribution in [0.2, 0.25) is 0 Å². The summed E-state index contributed by atoms with van der Waals surface area (Å²) in [6.45, 7) is 7.19. The first-order valence-electron chi connectivity index (χ1n) is 9.26. The summed E-state index contributed by atoms with van der Waals surface area (Å²) in [6.07, 6.45) is 3.18. The maximum atomic E-state index is 12.1. The SMILES string of the molecule is CCN(c1ccc(NC(=O)/C=C/c2ccc(OCC(N)=O)cc2)cc1)C(C)C. The van der Waals surface area contributed by atoms with Crippen molar-refractivity contribution in [1.29, 1.82) is 0 Å². The number of hydrogen-bond acceptors (Lipinski definition) is 4. The summed E-state index contributed by atoms with van der Waals surface area (Å²) < 4.78 is 5.19. The Morgan fingerprint density at radius 3 is 2.29 bits per heavy atom. The van der Waals surface area contributed by atoms with E-state index in [-0.39, 0.29) is 12.5 Å². The lowest BCUT2D eigenvalue weighted by atomic mass is 10.2. The molecule has 0 bridgehead atoms. The summed E-state index contributed by atoms with van der Waals surface area (Å²) in [4.78, 5) is 25.1. The fourth-order valence-corrected chi connectivity index (χ4v) is 2.77. The van der Waals surface area contributed by atoms with Gasteiger partial charge in [-0.3, -0.25) is 9.59 Å². The third kappa shape index (κ3) is 6.46. The molecule has 0 aliphatic heterocycles. The van der Waals surface area contributed by atoms with Crippen LogP contribution < -0.4 is 20.7 Å². The van der Waals surface area contributed by atoms with Gasteiger partial charge >= 0.3 is 0 Å². The Morgan fingerprint density at radius 2 is 1.75 bits per heavy atom. The van der Waals surface area contributed by atoms with E-state index in [1.165, 1.54) is 6.08 Å². The van der Waals surface area contributed by atoms with E-state index in [1.807, 2.05) is 24.3 Å². The van der Waals surface area contributed by atoms with Gasteiger partial charge in [0.25, 0.3) is 5.91 Å². The van der Waals surface area contributed by atoms with Gasteiger partial charge in [-0.2, -0.15) is 0 Å². The van der Waals surface area contributed by atoms with Crippen LogP contribution in [0.25, 0.3) is 6.08 Å². The highest BCUT2D eigenvalue weighted by atomic mass is 16.5.